The number of methoxy groups -OCH3 is 2. The van der Waals surface area contributed by atoms with Gasteiger partial charge in [-0.15, -0.1) is 6.58 Å². The van der Waals surface area contributed by atoms with Crippen molar-refractivity contribution in [2.45, 2.75) is 6.42 Å². The molecule has 0 unspecified atom stereocenters. The molecule has 0 saturated carbocycles. The predicted molar refractivity (Wildman–Crippen MR) is 96.4 cm³/mol. The van der Waals surface area contributed by atoms with Gasteiger partial charge in [-0.1, -0.05) is 6.08 Å². The Bertz CT molecular complexity index is 625. The van der Waals surface area contributed by atoms with E-state index < -0.39 is 0 Å². The van der Waals surface area contributed by atoms with Crippen LogP contribution in [-0.2, 0) is 16.0 Å². The summed E-state index contributed by atoms with van der Waals surface area (Å²) in [6.07, 6.45) is 4.03. The maximum Gasteiger partial charge on any atom is 0.254 e. The lowest BCUT2D eigenvalue weighted by molar-refractivity contribution is -0.123. The number of nitrogens with one attached hydrogen (secondary N) is 1. The molecule has 2 rings (SSSR count). The molecule has 7 heteroatoms. The summed E-state index contributed by atoms with van der Waals surface area (Å²) < 4.78 is 16.0. The average molecular weight is 347 g/mol. The molecule has 0 radical (unpaired) electrons. The number of benzene rings is 1. The SMILES string of the molecule is C=CCc1cc(/C=N/NC(=O)CN2CCOCC2)cc(OC)c1OC. The van der Waals surface area contributed by atoms with Crippen LogP contribution in [0.25, 0.3) is 0 Å². The standard InChI is InChI=1S/C18H25N3O4/c1-4-5-15-10-14(11-16(23-2)18(15)24-3)12-19-20-17(22)13-21-6-8-25-9-7-21/h4,10-12H,1,5-9,13H2,2-3H3,(H,20,22)/b19-12+. The van der Waals surface area contributed by atoms with Gasteiger partial charge >= 0.3 is 0 Å². The fourth-order valence-electron chi connectivity index (χ4n) is 2.63. The molecule has 0 aliphatic carbocycles. The average Bonchev–Trinajstić information content (AvgIpc) is 2.62. The Kier molecular flexibility index (Phi) is 7.43. The zero-order valence-electron chi connectivity index (χ0n) is 14.8. The normalized spacial score (nSPS) is 15.1. The fraction of sp³-hybridized carbons (Fsp3) is 0.444. The van der Waals surface area contributed by atoms with Crippen LogP contribution < -0.4 is 14.9 Å². The van der Waals surface area contributed by atoms with Crippen LogP contribution in [0.2, 0.25) is 0 Å². The second kappa shape index (κ2) is 9.80. The molecule has 1 aromatic rings. The van der Waals surface area contributed by atoms with E-state index in [-0.39, 0.29) is 5.91 Å². The molecule has 25 heavy (non-hydrogen) atoms. The summed E-state index contributed by atoms with van der Waals surface area (Å²) in [4.78, 5) is 14.0. The number of carbonyl (C=O) groups excluding carboxylic acids is 1. The molecule has 0 atom stereocenters. The van der Waals surface area contributed by atoms with Crippen molar-refractivity contribution in [3.63, 3.8) is 0 Å². The van der Waals surface area contributed by atoms with Crippen molar-refractivity contribution >= 4 is 12.1 Å². The van der Waals surface area contributed by atoms with Gasteiger partial charge in [0.15, 0.2) is 11.5 Å². The first-order chi connectivity index (χ1) is 12.2. The summed E-state index contributed by atoms with van der Waals surface area (Å²) in [5, 5.41) is 4.03. The van der Waals surface area contributed by atoms with Crippen molar-refractivity contribution in [2.24, 2.45) is 5.10 Å². The van der Waals surface area contributed by atoms with E-state index in [1.165, 1.54) is 0 Å². The van der Waals surface area contributed by atoms with Crippen LogP contribution in [0.3, 0.4) is 0 Å². The first kappa shape index (κ1) is 19.0. The lowest BCUT2D eigenvalue weighted by Gasteiger charge is -2.25. The van der Waals surface area contributed by atoms with Gasteiger partial charge in [0, 0.05) is 18.7 Å². The number of carbonyl (C=O) groups is 1. The van der Waals surface area contributed by atoms with Crippen LogP contribution in [0.1, 0.15) is 11.1 Å². The van der Waals surface area contributed by atoms with E-state index in [1.54, 1.807) is 26.5 Å². The Morgan fingerprint density at radius 1 is 1.36 bits per heavy atom. The molecule has 7 nitrogen and oxygen atoms in total. The van der Waals surface area contributed by atoms with Crippen LogP contribution >= 0.6 is 0 Å². The van der Waals surface area contributed by atoms with Gasteiger partial charge in [0.25, 0.3) is 5.91 Å². The number of hydrogen-bond donors (Lipinski definition) is 1. The fourth-order valence-corrected chi connectivity index (χ4v) is 2.63. The van der Waals surface area contributed by atoms with E-state index in [0.29, 0.717) is 37.7 Å². The quantitative estimate of drug-likeness (QED) is 0.435. The summed E-state index contributed by atoms with van der Waals surface area (Å²) in [7, 11) is 3.19. The van der Waals surface area contributed by atoms with E-state index in [0.717, 1.165) is 24.2 Å². The lowest BCUT2D eigenvalue weighted by Crippen LogP contribution is -2.42. The van der Waals surface area contributed by atoms with Gasteiger partial charge in [-0.05, 0) is 24.1 Å². The summed E-state index contributed by atoms with van der Waals surface area (Å²) in [6.45, 7) is 6.92. The summed E-state index contributed by atoms with van der Waals surface area (Å²) in [5.74, 6) is 1.14. The van der Waals surface area contributed by atoms with E-state index >= 15 is 0 Å². The van der Waals surface area contributed by atoms with E-state index in [2.05, 4.69) is 17.1 Å². The van der Waals surface area contributed by atoms with E-state index in [4.69, 9.17) is 14.2 Å². The number of nitrogens with zero attached hydrogens (tertiary/aromatic N) is 2. The molecule has 1 heterocycles. The van der Waals surface area contributed by atoms with Crippen molar-refractivity contribution in [3.8, 4) is 11.5 Å². The second-order valence-electron chi connectivity index (χ2n) is 5.59. The molecule has 1 aliphatic rings. The Morgan fingerprint density at radius 2 is 2.12 bits per heavy atom. The van der Waals surface area contributed by atoms with E-state index in [1.807, 2.05) is 17.0 Å². The molecule has 1 aliphatic heterocycles. The molecule has 0 spiro atoms. The molecular weight excluding hydrogens is 322 g/mol. The molecule has 1 fully saturated rings. The van der Waals surface area contributed by atoms with Crippen molar-refractivity contribution in [2.75, 3.05) is 47.1 Å². The lowest BCUT2D eigenvalue weighted by atomic mass is 10.1. The highest BCUT2D eigenvalue weighted by atomic mass is 16.5. The van der Waals surface area contributed by atoms with Gasteiger partial charge in [0.1, 0.15) is 0 Å². The Labute approximate surface area is 148 Å². The first-order valence-electron chi connectivity index (χ1n) is 8.15. The van der Waals surface area contributed by atoms with E-state index in [9.17, 15) is 4.79 Å². The van der Waals surface area contributed by atoms with Gasteiger partial charge in [0.2, 0.25) is 0 Å². The van der Waals surface area contributed by atoms with Crippen molar-refractivity contribution in [1.82, 2.24) is 10.3 Å². The van der Waals surface area contributed by atoms with Crippen molar-refractivity contribution in [1.29, 1.82) is 0 Å². The second-order valence-corrected chi connectivity index (χ2v) is 5.59. The van der Waals surface area contributed by atoms with Crippen LogP contribution in [0.5, 0.6) is 11.5 Å². The van der Waals surface area contributed by atoms with Gasteiger partial charge < -0.3 is 14.2 Å². The maximum atomic E-state index is 11.9. The van der Waals surface area contributed by atoms with Crippen LogP contribution in [-0.4, -0.2) is 64.1 Å². The minimum absolute atomic E-state index is 0.148. The third-order valence-corrected chi connectivity index (χ3v) is 3.82. The Balaban J connectivity index is 2.00. The predicted octanol–water partition coefficient (Wildman–Crippen LogP) is 1.21. The van der Waals surface area contributed by atoms with Crippen LogP contribution in [0, 0.1) is 0 Å². The summed E-state index contributed by atoms with van der Waals surface area (Å²) in [5.41, 5.74) is 4.30. The molecule has 0 aromatic heterocycles. The topological polar surface area (TPSA) is 72.4 Å². The van der Waals surface area contributed by atoms with Gasteiger partial charge in [-0.2, -0.15) is 5.10 Å². The number of ether oxygens (including phenoxy) is 3. The third-order valence-electron chi connectivity index (χ3n) is 3.82. The summed E-state index contributed by atoms with van der Waals surface area (Å²) >= 11 is 0. The minimum atomic E-state index is -0.148. The number of rotatable bonds is 8. The largest absolute Gasteiger partial charge is 0.493 e. The Hall–Kier alpha value is -2.38. The molecule has 136 valence electrons. The molecule has 1 saturated heterocycles. The zero-order valence-corrected chi connectivity index (χ0v) is 14.8. The number of morpholine rings is 1. The van der Waals surface area contributed by atoms with Crippen molar-refractivity contribution in [3.05, 3.63) is 35.9 Å². The van der Waals surface area contributed by atoms with Gasteiger partial charge in [-0.25, -0.2) is 5.43 Å². The maximum absolute atomic E-state index is 11.9. The number of amides is 1. The minimum Gasteiger partial charge on any atom is -0.493 e. The highest BCUT2D eigenvalue weighted by molar-refractivity contribution is 5.84. The number of hydrogen-bond acceptors (Lipinski definition) is 6. The first-order valence-corrected chi connectivity index (χ1v) is 8.15. The highest BCUT2D eigenvalue weighted by Gasteiger charge is 2.14. The summed E-state index contributed by atoms with van der Waals surface area (Å²) in [6, 6.07) is 3.74. The molecular formula is C18H25N3O4. The van der Waals surface area contributed by atoms with Crippen molar-refractivity contribution < 1.29 is 19.0 Å². The third kappa shape index (κ3) is 5.58. The smallest absolute Gasteiger partial charge is 0.254 e. The number of hydrazone groups is 1. The van der Waals surface area contributed by atoms with Gasteiger partial charge in [-0.3, -0.25) is 9.69 Å². The highest BCUT2D eigenvalue weighted by Crippen LogP contribution is 2.32. The van der Waals surface area contributed by atoms with Crippen LogP contribution in [0.15, 0.2) is 29.9 Å². The zero-order chi connectivity index (χ0) is 18.1. The monoisotopic (exact) mass is 347 g/mol. The van der Waals surface area contributed by atoms with Gasteiger partial charge in [0.05, 0.1) is 40.2 Å². The Morgan fingerprint density at radius 3 is 2.76 bits per heavy atom. The van der Waals surface area contributed by atoms with Crippen LogP contribution in [0.4, 0.5) is 0 Å². The molecule has 1 N–H and O–H groups in total. The molecule has 1 aromatic carbocycles. The molecule has 0 bridgehead atoms. The number of allylic oxidation sites excluding steroid dienone is 1. The molecule has 1 amide bonds.